The molecule has 1 aliphatic carbocycles. The van der Waals surface area contributed by atoms with E-state index in [9.17, 15) is 0 Å². The van der Waals surface area contributed by atoms with E-state index >= 15 is 0 Å². The first kappa shape index (κ1) is 17.3. The molecule has 0 saturated heterocycles. The predicted molar refractivity (Wildman–Crippen MR) is 93.5 cm³/mol. The zero-order valence-corrected chi connectivity index (χ0v) is 15.1. The van der Waals surface area contributed by atoms with Gasteiger partial charge in [-0.25, -0.2) is 4.99 Å². The maximum absolute atomic E-state index is 4.59. The molecule has 1 heterocycles. The van der Waals surface area contributed by atoms with E-state index in [2.05, 4.69) is 48.4 Å². The molecule has 0 spiro atoms. The Balaban J connectivity index is 0.00000200. The smallest absolute Gasteiger partial charge is 0.191 e. The molecule has 0 aromatic carbocycles. The van der Waals surface area contributed by atoms with Crippen molar-refractivity contribution in [3.05, 3.63) is 18.0 Å². The second-order valence-corrected chi connectivity index (χ2v) is 5.54. The van der Waals surface area contributed by atoms with Gasteiger partial charge in [0, 0.05) is 24.8 Å². The molecule has 0 bridgehead atoms. The van der Waals surface area contributed by atoms with E-state index < -0.39 is 0 Å². The molecule has 2 unspecified atom stereocenters. The molecule has 0 aliphatic heterocycles. The average Bonchev–Trinajstić information content (AvgIpc) is 2.89. The summed E-state index contributed by atoms with van der Waals surface area (Å²) in [6, 6.07) is 3.02. The van der Waals surface area contributed by atoms with E-state index in [1.54, 1.807) is 0 Å². The number of hydrogen-bond acceptors (Lipinski definition) is 2. The van der Waals surface area contributed by atoms with Gasteiger partial charge < -0.3 is 10.6 Å². The molecular formula is C14H26IN5. The summed E-state index contributed by atoms with van der Waals surface area (Å²) in [5.41, 5.74) is 1.01. The monoisotopic (exact) mass is 391 g/mol. The predicted octanol–water partition coefficient (Wildman–Crippen LogP) is 2.55. The van der Waals surface area contributed by atoms with Gasteiger partial charge in [0.2, 0.25) is 0 Å². The molecule has 5 nitrogen and oxygen atoms in total. The number of nitrogens with one attached hydrogen (secondary N) is 2. The van der Waals surface area contributed by atoms with Crippen LogP contribution in [0.4, 0.5) is 0 Å². The Hall–Kier alpha value is -0.790. The van der Waals surface area contributed by atoms with Gasteiger partial charge in [0.15, 0.2) is 5.96 Å². The van der Waals surface area contributed by atoms with Crippen molar-refractivity contribution in [2.45, 2.75) is 52.7 Å². The van der Waals surface area contributed by atoms with Crippen molar-refractivity contribution >= 4 is 29.9 Å². The van der Waals surface area contributed by atoms with E-state index in [-0.39, 0.29) is 24.0 Å². The van der Waals surface area contributed by atoms with Crippen molar-refractivity contribution < 1.29 is 0 Å². The third-order valence-electron chi connectivity index (χ3n) is 3.37. The first-order valence-corrected chi connectivity index (χ1v) is 7.19. The summed E-state index contributed by atoms with van der Waals surface area (Å²) in [4.78, 5) is 4.59. The number of hydrogen-bond donors (Lipinski definition) is 2. The van der Waals surface area contributed by atoms with E-state index in [1.807, 2.05) is 16.9 Å². The van der Waals surface area contributed by atoms with Crippen LogP contribution in [0.1, 0.15) is 45.9 Å². The molecule has 0 amide bonds. The van der Waals surface area contributed by atoms with Crippen LogP contribution in [-0.2, 0) is 6.54 Å². The van der Waals surface area contributed by atoms with Crippen LogP contribution in [0.2, 0.25) is 0 Å². The zero-order valence-electron chi connectivity index (χ0n) is 12.8. The van der Waals surface area contributed by atoms with Crippen LogP contribution in [0, 0.1) is 5.92 Å². The molecule has 1 aromatic heterocycles. The van der Waals surface area contributed by atoms with Crippen molar-refractivity contribution in [3.63, 3.8) is 0 Å². The standard InChI is InChI=1S/C14H25N5.HI/c1-5-15-14(17-13-8-11(13)4)16-9-12-6-7-19(18-12)10(2)3;/h6-7,10-11,13H,5,8-9H2,1-4H3,(H2,15,16,17);1H. The molecule has 0 radical (unpaired) electrons. The summed E-state index contributed by atoms with van der Waals surface area (Å²) in [6.07, 6.45) is 3.26. The zero-order chi connectivity index (χ0) is 13.8. The van der Waals surface area contributed by atoms with Gasteiger partial charge >= 0.3 is 0 Å². The van der Waals surface area contributed by atoms with Crippen LogP contribution in [0.3, 0.4) is 0 Å². The quantitative estimate of drug-likeness (QED) is 0.461. The second-order valence-electron chi connectivity index (χ2n) is 5.54. The summed E-state index contributed by atoms with van der Waals surface area (Å²) < 4.78 is 1.97. The third kappa shape index (κ3) is 4.96. The molecule has 20 heavy (non-hydrogen) atoms. The highest BCUT2D eigenvalue weighted by atomic mass is 127. The molecule has 2 atom stereocenters. The fourth-order valence-corrected chi connectivity index (χ4v) is 1.93. The minimum Gasteiger partial charge on any atom is -0.357 e. The van der Waals surface area contributed by atoms with E-state index in [1.165, 1.54) is 6.42 Å². The van der Waals surface area contributed by atoms with Crippen LogP contribution in [0.15, 0.2) is 17.3 Å². The number of aromatic nitrogens is 2. The summed E-state index contributed by atoms with van der Waals surface area (Å²) in [6.45, 7) is 10.1. The maximum atomic E-state index is 4.59. The summed E-state index contributed by atoms with van der Waals surface area (Å²) in [7, 11) is 0. The van der Waals surface area contributed by atoms with Crippen molar-refractivity contribution in [2.75, 3.05) is 6.54 Å². The van der Waals surface area contributed by atoms with Gasteiger partial charge in [0.1, 0.15) is 0 Å². The molecular weight excluding hydrogens is 365 g/mol. The lowest BCUT2D eigenvalue weighted by atomic mass is 10.4. The summed E-state index contributed by atoms with van der Waals surface area (Å²) >= 11 is 0. The molecule has 114 valence electrons. The van der Waals surface area contributed by atoms with Gasteiger partial charge in [0.05, 0.1) is 12.2 Å². The van der Waals surface area contributed by atoms with E-state index in [4.69, 9.17) is 0 Å². The molecule has 1 aliphatic rings. The molecule has 2 N–H and O–H groups in total. The fraction of sp³-hybridized carbons (Fsp3) is 0.714. The lowest BCUT2D eigenvalue weighted by molar-refractivity contribution is 0.526. The van der Waals surface area contributed by atoms with Gasteiger partial charge in [-0.3, -0.25) is 4.68 Å². The molecule has 1 fully saturated rings. The summed E-state index contributed by atoms with van der Waals surface area (Å²) in [5, 5.41) is 11.2. The van der Waals surface area contributed by atoms with Crippen LogP contribution in [0.5, 0.6) is 0 Å². The Morgan fingerprint density at radius 1 is 1.55 bits per heavy atom. The topological polar surface area (TPSA) is 54.2 Å². The van der Waals surface area contributed by atoms with Crippen molar-refractivity contribution in [1.29, 1.82) is 0 Å². The number of nitrogens with zero attached hydrogens (tertiary/aromatic N) is 3. The van der Waals surface area contributed by atoms with Gasteiger partial charge in [0.25, 0.3) is 0 Å². The Bertz CT molecular complexity index is 441. The largest absolute Gasteiger partial charge is 0.357 e. The minimum atomic E-state index is 0. The summed E-state index contributed by atoms with van der Waals surface area (Å²) in [5.74, 6) is 1.67. The van der Waals surface area contributed by atoms with Crippen molar-refractivity contribution in [2.24, 2.45) is 10.9 Å². The first-order valence-electron chi connectivity index (χ1n) is 7.19. The van der Waals surface area contributed by atoms with Crippen LogP contribution < -0.4 is 10.6 Å². The molecule has 6 heteroatoms. The highest BCUT2D eigenvalue weighted by Gasteiger charge is 2.33. The van der Waals surface area contributed by atoms with Crippen LogP contribution >= 0.6 is 24.0 Å². The number of aliphatic imine (C=N–C) groups is 1. The highest BCUT2D eigenvalue weighted by molar-refractivity contribution is 14.0. The fourth-order valence-electron chi connectivity index (χ4n) is 1.93. The van der Waals surface area contributed by atoms with Crippen LogP contribution in [-0.4, -0.2) is 28.3 Å². The van der Waals surface area contributed by atoms with Gasteiger partial charge in [-0.15, -0.1) is 24.0 Å². The molecule has 1 aromatic rings. The Morgan fingerprint density at radius 2 is 2.25 bits per heavy atom. The van der Waals surface area contributed by atoms with Crippen molar-refractivity contribution in [1.82, 2.24) is 20.4 Å². The molecule has 2 rings (SSSR count). The Labute approximate surface area is 138 Å². The number of guanidine groups is 1. The SMILES string of the molecule is CCNC(=NCc1ccn(C(C)C)n1)NC1CC1C.I. The average molecular weight is 391 g/mol. The Kier molecular flexibility index (Phi) is 6.78. The Morgan fingerprint density at radius 3 is 2.75 bits per heavy atom. The highest BCUT2D eigenvalue weighted by Crippen LogP contribution is 2.28. The van der Waals surface area contributed by atoms with Gasteiger partial charge in [-0.2, -0.15) is 5.10 Å². The second kappa shape index (κ2) is 7.85. The lowest BCUT2D eigenvalue weighted by Crippen LogP contribution is -2.39. The van der Waals surface area contributed by atoms with E-state index in [0.717, 1.165) is 24.1 Å². The van der Waals surface area contributed by atoms with Gasteiger partial charge in [-0.05, 0) is 39.2 Å². The normalized spacial score (nSPS) is 21.6. The first-order chi connectivity index (χ1) is 9.10. The van der Waals surface area contributed by atoms with E-state index in [0.29, 0.717) is 18.6 Å². The lowest BCUT2D eigenvalue weighted by Gasteiger charge is -2.10. The minimum absolute atomic E-state index is 0. The van der Waals surface area contributed by atoms with Gasteiger partial charge in [-0.1, -0.05) is 6.92 Å². The van der Waals surface area contributed by atoms with Crippen LogP contribution in [0.25, 0.3) is 0 Å². The number of rotatable bonds is 5. The third-order valence-corrected chi connectivity index (χ3v) is 3.37. The van der Waals surface area contributed by atoms with Crippen molar-refractivity contribution in [3.8, 4) is 0 Å². The number of halogens is 1. The maximum Gasteiger partial charge on any atom is 0.191 e. The molecule has 1 saturated carbocycles.